The van der Waals surface area contributed by atoms with Crippen LogP contribution in [-0.4, -0.2) is 30.7 Å². The average molecular weight is 632 g/mol. The van der Waals surface area contributed by atoms with Gasteiger partial charge in [0.15, 0.2) is 0 Å². The van der Waals surface area contributed by atoms with Crippen molar-refractivity contribution in [3.8, 4) is 0 Å². The van der Waals surface area contributed by atoms with Crippen LogP contribution in [0, 0.1) is 5.92 Å². The van der Waals surface area contributed by atoms with Crippen molar-refractivity contribution in [2.24, 2.45) is 5.92 Å². The molecule has 1 amide bonds. The molecule has 2 aromatic carbocycles. The number of hydrogen-bond donors (Lipinski definition) is 2. The molecule has 3 atom stereocenters. The first-order chi connectivity index (χ1) is 14.3. The van der Waals surface area contributed by atoms with Crippen LogP contribution in [0.3, 0.4) is 0 Å². The number of halogens is 3. The molecule has 5 rings (SSSR count). The predicted molar refractivity (Wildman–Crippen MR) is 132 cm³/mol. The first kappa shape index (κ1) is 21.0. The predicted octanol–water partition coefficient (Wildman–Crippen LogP) is 4.61. The molecule has 158 valence electrons. The summed E-state index contributed by atoms with van der Waals surface area (Å²) in [7, 11) is 2.13. The zero-order chi connectivity index (χ0) is 21.0. The number of hydrogen-bond acceptors (Lipinski definition) is 4. The van der Waals surface area contributed by atoms with E-state index in [1.165, 1.54) is 12.0 Å². The number of hydrazine groups is 1. The summed E-state index contributed by atoms with van der Waals surface area (Å²) in [4.78, 5) is 17.2. The summed E-state index contributed by atoms with van der Waals surface area (Å²) in [6.45, 7) is 1.26. The molecule has 1 unspecified atom stereocenters. The summed E-state index contributed by atoms with van der Waals surface area (Å²) in [6.07, 6.45) is 2.68. The van der Waals surface area contributed by atoms with Gasteiger partial charge >= 0.3 is 0 Å². The van der Waals surface area contributed by atoms with Crippen LogP contribution < -0.4 is 15.8 Å². The van der Waals surface area contributed by atoms with Gasteiger partial charge in [0, 0.05) is 16.8 Å². The third-order valence-electron chi connectivity index (χ3n) is 6.67. The molecule has 5 nitrogen and oxygen atoms in total. The number of carbonyl (C=O) groups is 1. The normalized spacial score (nSPS) is 26.7. The van der Waals surface area contributed by atoms with Gasteiger partial charge in [-0.3, -0.25) is 9.69 Å². The summed E-state index contributed by atoms with van der Waals surface area (Å²) >= 11 is 3.58. The largest absolute Gasteiger partial charge is 0.304 e. The van der Waals surface area contributed by atoms with Gasteiger partial charge in [-0.15, -0.1) is 0 Å². The average Bonchev–Trinajstić information content (AvgIpc) is 3.24. The number of alkyl halides is 3. The highest BCUT2D eigenvalue weighted by Gasteiger charge is 2.42. The van der Waals surface area contributed by atoms with E-state index in [0.29, 0.717) is 35.7 Å². The Kier molecular flexibility index (Phi) is 5.58. The van der Waals surface area contributed by atoms with Crippen LogP contribution in [0.2, 0.25) is 0 Å². The van der Waals surface area contributed by atoms with Crippen LogP contribution in [0.25, 0.3) is 0 Å². The molecule has 0 radical (unpaired) electrons. The molecule has 8 heteroatoms. The Morgan fingerprint density at radius 2 is 1.97 bits per heavy atom. The molecule has 1 saturated heterocycles. The van der Waals surface area contributed by atoms with Crippen molar-refractivity contribution in [3.63, 3.8) is 0 Å². The standard InChI is InChI=1S/C22H23FI2N4O/c1-28-12-26-27-20(28)16-9-8-15(16)13-4-2-5-14(10-13)29-11-18-17(21(29)30)6-3-7-19(18)22(23,24)25/h2-7,10,15-16,20,26-27H,8-9,11-12H2,1H3/t15-,16-,20?/m0/s1. The summed E-state index contributed by atoms with van der Waals surface area (Å²) in [5.74, 6) is 0.971. The fraction of sp³-hybridized carbons (Fsp3) is 0.409. The second-order valence-corrected chi connectivity index (χ2v) is 13.4. The topological polar surface area (TPSA) is 47.6 Å². The molecule has 3 aliphatic rings. The van der Waals surface area contributed by atoms with Gasteiger partial charge in [0.05, 0.1) is 19.4 Å². The van der Waals surface area contributed by atoms with Gasteiger partial charge in [-0.25, -0.2) is 15.2 Å². The third kappa shape index (κ3) is 3.58. The summed E-state index contributed by atoms with van der Waals surface area (Å²) in [6, 6.07) is 13.7. The van der Waals surface area contributed by atoms with E-state index in [9.17, 15) is 9.18 Å². The fourth-order valence-corrected chi connectivity index (χ4v) is 5.98. The zero-order valence-electron chi connectivity index (χ0n) is 16.5. The van der Waals surface area contributed by atoms with Crippen molar-refractivity contribution >= 4 is 56.8 Å². The van der Waals surface area contributed by atoms with E-state index in [4.69, 9.17) is 0 Å². The van der Waals surface area contributed by atoms with Crippen LogP contribution in [-0.2, 0) is 8.23 Å². The first-order valence-corrected chi connectivity index (χ1v) is 12.3. The number of nitrogens with one attached hydrogen (secondary N) is 2. The van der Waals surface area contributed by atoms with E-state index < -0.39 is 1.68 Å². The van der Waals surface area contributed by atoms with Crippen LogP contribution >= 0.6 is 45.2 Å². The molecule has 2 N–H and O–H groups in total. The summed E-state index contributed by atoms with van der Waals surface area (Å²) in [5.41, 5.74) is 10.8. The number of amides is 1. The number of rotatable bonds is 4. The SMILES string of the molecule is CN1CNNC1[C@H]1CC[C@H]1c1cccc(N2Cc3c(cccc3C(F)(I)I)C2=O)c1. The number of carbonyl (C=O) groups excluding carboxylic acids is 1. The minimum atomic E-state index is -1.54. The lowest BCUT2D eigenvalue weighted by Crippen LogP contribution is -2.47. The van der Waals surface area contributed by atoms with E-state index in [1.54, 1.807) is 68.3 Å². The van der Waals surface area contributed by atoms with Crippen molar-refractivity contribution in [2.75, 3.05) is 18.6 Å². The minimum absolute atomic E-state index is 0.0485. The Morgan fingerprint density at radius 1 is 1.17 bits per heavy atom. The van der Waals surface area contributed by atoms with Crippen LogP contribution in [0.1, 0.15) is 45.8 Å². The second-order valence-electron chi connectivity index (χ2n) is 8.34. The van der Waals surface area contributed by atoms with E-state index in [-0.39, 0.29) is 5.91 Å². The maximum absolute atomic E-state index is 14.7. The van der Waals surface area contributed by atoms with Gasteiger partial charge in [-0.1, -0.05) is 24.3 Å². The monoisotopic (exact) mass is 632 g/mol. The molecule has 2 aliphatic heterocycles. The Morgan fingerprint density at radius 3 is 2.63 bits per heavy atom. The lowest BCUT2D eigenvalue weighted by atomic mass is 9.68. The summed E-state index contributed by atoms with van der Waals surface area (Å²) < 4.78 is 13.2. The first-order valence-electron chi connectivity index (χ1n) is 10.1. The number of nitrogens with zero attached hydrogens (tertiary/aromatic N) is 2. The van der Waals surface area contributed by atoms with E-state index in [0.717, 1.165) is 24.3 Å². The number of benzene rings is 2. The van der Waals surface area contributed by atoms with Crippen molar-refractivity contribution in [1.82, 2.24) is 15.8 Å². The fourth-order valence-electron chi connectivity index (χ4n) is 4.97. The Hall–Kier alpha value is -0.820. The van der Waals surface area contributed by atoms with Gasteiger partial charge < -0.3 is 4.90 Å². The maximum Gasteiger partial charge on any atom is 0.258 e. The number of anilines is 1. The molecule has 2 aromatic rings. The highest BCUT2D eigenvalue weighted by Crippen LogP contribution is 2.47. The van der Waals surface area contributed by atoms with Crippen molar-refractivity contribution in [1.29, 1.82) is 0 Å². The van der Waals surface area contributed by atoms with Crippen LogP contribution in [0.15, 0.2) is 42.5 Å². The van der Waals surface area contributed by atoms with Crippen molar-refractivity contribution < 1.29 is 9.18 Å². The smallest absolute Gasteiger partial charge is 0.258 e. The minimum Gasteiger partial charge on any atom is -0.304 e. The second kappa shape index (κ2) is 7.95. The summed E-state index contributed by atoms with van der Waals surface area (Å²) in [5, 5.41) is 0. The molecular weight excluding hydrogens is 609 g/mol. The van der Waals surface area contributed by atoms with Gasteiger partial charge in [-0.2, -0.15) is 0 Å². The van der Waals surface area contributed by atoms with Crippen molar-refractivity contribution in [3.05, 3.63) is 64.7 Å². The van der Waals surface area contributed by atoms with Gasteiger partial charge in [0.1, 0.15) is 0 Å². The highest BCUT2D eigenvalue weighted by atomic mass is 127. The van der Waals surface area contributed by atoms with Crippen LogP contribution in [0.5, 0.6) is 0 Å². The third-order valence-corrected chi connectivity index (χ3v) is 7.83. The highest BCUT2D eigenvalue weighted by molar-refractivity contribution is 14.2. The van der Waals surface area contributed by atoms with E-state index in [2.05, 4.69) is 34.9 Å². The molecule has 2 fully saturated rings. The Bertz CT molecular complexity index is 995. The molecule has 1 aliphatic carbocycles. The van der Waals surface area contributed by atoms with Gasteiger partial charge in [0.2, 0.25) is 1.68 Å². The van der Waals surface area contributed by atoms with Gasteiger partial charge in [-0.05, 0) is 106 Å². The lowest BCUT2D eigenvalue weighted by molar-refractivity contribution is 0.0996. The molecule has 0 aromatic heterocycles. The molecule has 2 heterocycles. The lowest BCUT2D eigenvalue weighted by Gasteiger charge is -2.42. The van der Waals surface area contributed by atoms with Gasteiger partial charge in [0.25, 0.3) is 5.91 Å². The Labute approximate surface area is 203 Å². The maximum atomic E-state index is 14.7. The molecule has 30 heavy (non-hydrogen) atoms. The molecule has 1 saturated carbocycles. The Balaban J connectivity index is 1.42. The van der Waals surface area contributed by atoms with Crippen molar-refractivity contribution in [2.45, 2.75) is 33.2 Å². The quantitative estimate of drug-likeness (QED) is 0.382. The molecular formula is C22H23FI2N4O. The van der Waals surface area contributed by atoms with E-state index >= 15 is 0 Å². The molecule has 0 spiro atoms. The zero-order valence-corrected chi connectivity index (χ0v) is 20.9. The van der Waals surface area contributed by atoms with E-state index in [1.807, 2.05) is 12.1 Å². The number of fused-ring (bicyclic) bond motifs is 1. The molecule has 0 bridgehead atoms. The van der Waals surface area contributed by atoms with Crippen LogP contribution in [0.4, 0.5) is 10.1 Å².